The van der Waals surface area contributed by atoms with Gasteiger partial charge in [0.1, 0.15) is 0 Å². The first-order valence-electron chi connectivity index (χ1n) is 7.11. The Morgan fingerprint density at radius 3 is 1.28 bits per heavy atom. The zero-order chi connectivity index (χ0) is 13.5. The molecule has 0 aromatic carbocycles. The molecule has 0 atom stereocenters. The van der Waals surface area contributed by atoms with Crippen molar-refractivity contribution in [1.82, 2.24) is 0 Å². The second-order valence-electron chi connectivity index (χ2n) is 4.58. The van der Waals surface area contributed by atoms with E-state index in [0.29, 0.717) is 0 Å². The molecular weight excluding hydrogens is 267 g/mol. The van der Waals surface area contributed by atoms with E-state index in [2.05, 4.69) is 20.8 Å². The topological polar surface area (TPSA) is 37.3 Å². The molecule has 0 aliphatic heterocycles. The van der Waals surface area contributed by atoms with Crippen molar-refractivity contribution in [2.24, 2.45) is 0 Å². The van der Waals surface area contributed by atoms with Gasteiger partial charge in [-0.15, -0.1) is 0 Å². The predicted octanol–water partition coefficient (Wildman–Crippen LogP) is 1.70. The van der Waals surface area contributed by atoms with Crippen LogP contribution in [0, 0.1) is 0 Å². The van der Waals surface area contributed by atoms with Crippen LogP contribution in [0.1, 0.15) is 66.2 Å². The van der Waals surface area contributed by atoms with Gasteiger partial charge in [0, 0.05) is 14.8 Å². The molecule has 2 nitrogen and oxygen atoms in total. The molecule has 0 aromatic heterocycles. The van der Waals surface area contributed by atoms with Crippen molar-refractivity contribution in [3.8, 4) is 0 Å². The van der Waals surface area contributed by atoms with Crippen LogP contribution < -0.4 is 12.4 Å². The highest BCUT2D eigenvalue weighted by molar-refractivity contribution is 7.57. The molecule has 0 saturated carbocycles. The van der Waals surface area contributed by atoms with Gasteiger partial charge in [0.15, 0.2) is 0 Å². The van der Waals surface area contributed by atoms with E-state index in [4.69, 9.17) is 9.90 Å². The van der Waals surface area contributed by atoms with E-state index in [1.807, 2.05) is 0 Å². The molecule has 18 heavy (non-hydrogen) atoms. The Balaban J connectivity index is -0.000000392. The molecule has 0 aromatic rings. The second kappa shape index (κ2) is 19.5. The molecular formula is C14H32ClO2P. The molecule has 0 unspecified atom stereocenters. The third-order valence-electron chi connectivity index (χ3n) is 2.65. The van der Waals surface area contributed by atoms with Crippen molar-refractivity contribution in [3.63, 3.8) is 0 Å². The number of halogens is 1. The van der Waals surface area contributed by atoms with Crippen molar-refractivity contribution in [2.75, 3.05) is 18.5 Å². The van der Waals surface area contributed by atoms with Crippen LogP contribution >= 0.6 is 7.92 Å². The minimum atomic E-state index is -0.833. The zero-order valence-electron chi connectivity index (χ0n) is 12.6. The minimum Gasteiger partial charge on any atom is -1.00 e. The summed E-state index contributed by atoms with van der Waals surface area (Å²) < 4.78 is 0. The number of carbonyl (C=O) groups is 1. The van der Waals surface area contributed by atoms with Gasteiger partial charge in [-0.2, -0.15) is 0 Å². The fourth-order valence-electron chi connectivity index (χ4n) is 1.66. The molecule has 4 heteroatoms. The number of carboxylic acid groups (broad SMARTS) is 1. The predicted molar refractivity (Wildman–Crippen MR) is 80.9 cm³/mol. The highest BCUT2D eigenvalue weighted by Crippen LogP contribution is 2.38. The normalized spacial score (nSPS) is 9.39. The first-order valence-corrected chi connectivity index (χ1v) is 9.23. The highest BCUT2D eigenvalue weighted by Gasteiger charge is 2.12. The fraction of sp³-hybridized carbons (Fsp3) is 0.929. The number of carboxylic acids is 1. The van der Waals surface area contributed by atoms with E-state index in [0.717, 1.165) is 6.92 Å². The summed E-state index contributed by atoms with van der Waals surface area (Å²) in [4.78, 5) is 9.00. The van der Waals surface area contributed by atoms with Crippen molar-refractivity contribution in [3.05, 3.63) is 0 Å². The van der Waals surface area contributed by atoms with Crippen LogP contribution in [-0.4, -0.2) is 29.6 Å². The fourth-order valence-corrected chi connectivity index (χ4v) is 4.97. The van der Waals surface area contributed by atoms with Gasteiger partial charge in [0.05, 0.1) is 18.5 Å². The molecule has 0 aliphatic carbocycles. The van der Waals surface area contributed by atoms with Gasteiger partial charge in [-0.05, 0) is 19.3 Å². The third kappa shape index (κ3) is 25.1. The van der Waals surface area contributed by atoms with Gasteiger partial charge >= 0.3 is 0 Å². The number of rotatable bonds is 9. The average molecular weight is 299 g/mol. The first kappa shape index (κ1) is 23.3. The van der Waals surface area contributed by atoms with Crippen LogP contribution in [0.5, 0.6) is 0 Å². The number of aliphatic carboxylic acids is 1. The van der Waals surface area contributed by atoms with E-state index in [1.165, 1.54) is 38.5 Å². The smallest absolute Gasteiger partial charge is 0.300 e. The molecule has 0 spiro atoms. The Bertz CT molecular complexity index is 143. The maximum absolute atomic E-state index is 9.00. The summed E-state index contributed by atoms with van der Waals surface area (Å²) in [6.45, 7) is 8.04. The van der Waals surface area contributed by atoms with E-state index < -0.39 is 5.97 Å². The Labute approximate surface area is 121 Å². The van der Waals surface area contributed by atoms with E-state index in [1.54, 1.807) is 18.5 Å². The highest BCUT2D eigenvalue weighted by atomic mass is 35.5. The van der Waals surface area contributed by atoms with Crippen molar-refractivity contribution < 1.29 is 22.3 Å². The first-order chi connectivity index (χ1) is 8.08. The van der Waals surface area contributed by atoms with Crippen molar-refractivity contribution in [2.45, 2.75) is 66.2 Å². The van der Waals surface area contributed by atoms with Crippen LogP contribution in [0.4, 0.5) is 0 Å². The summed E-state index contributed by atoms with van der Waals surface area (Å²) in [6, 6.07) is 0. The summed E-state index contributed by atoms with van der Waals surface area (Å²) in [7, 11) is 0.0675. The quantitative estimate of drug-likeness (QED) is 0.658. The molecule has 0 bridgehead atoms. The maximum Gasteiger partial charge on any atom is 0.300 e. The van der Waals surface area contributed by atoms with Crippen LogP contribution in [0.25, 0.3) is 0 Å². The second-order valence-corrected chi connectivity index (χ2v) is 7.58. The number of hydrogen-bond donors (Lipinski definition) is 1. The average Bonchev–Trinajstić information content (AvgIpc) is 2.27. The summed E-state index contributed by atoms with van der Waals surface area (Å²) in [5.41, 5.74) is 0. The zero-order valence-corrected chi connectivity index (χ0v) is 14.4. The molecule has 0 aliphatic rings. The van der Waals surface area contributed by atoms with Crippen LogP contribution in [0.2, 0.25) is 0 Å². The Morgan fingerprint density at radius 2 is 1.11 bits per heavy atom. The van der Waals surface area contributed by atoms with Gasteiger partial charge in [-0.3, -0.25) is 4.79 Å². The van der Waals surface area contributed by atoms with Gasteiger partial charge in [0.25, 0.3) is 5.97 Å². The van der Waals surface area contributed by atoms with Gasteiger partial charge in [-0.1, -0.05) is 40.0 Å². The largest absolute Gasteiger partial charge is 1.00 e. The monoisotopic (exact) mass is 298 g/mol. The van der Waals surface area contributed by atoms with Gasteiger partial charge < -0.3 is 17.5 Å². The third-order valence-corrected chi connectivity index (χ3v) is 5.83. The SMILES string of the molecule is CC(=O)O.CCCC[PH+](CCCC)CCCC.[Cl-]. The summed E-state index contributed by atoms with van der Waals surface area (Å²) in [5, 5.41) is 7.42. The Hall–Kier alpha value is 0.190. The molecule has 112 valence electrons. The molecule has 0 radical (unpaired) electrons. The summed E-state index contributed by atoms with van der Waals surface area (Å²) in [6.07, 6.45) is 13.4. The van der Waals surface area contributed by atoms with E-state index >= 15 is 0 Å². The van der Waals surface area contributed by atoms with E-state index in [-0.39, 0.29) is 20.3 Å². The lowest BCUT2D eigenvalue weighted by atomic mass is 10.4. The van der Waals surface area contributed by atoms with Crippen LogP contribution in [-0.2, 0) is 4.79 Å². The van der Waals surface area contributed by atoms with Crippen molar-refractivity contribution in [1.29, 1.82) is 0 Å². The molecule has 0 amide bonds. The lowest BCUT2D eigenvalue weighted by Gasteiger charge is -2.09. The maximum atomic E-state index is 9.00. The van der Waals surface area contributed by atoms with Gasteiger partial charge in [0.2, 0.25) is 0 Å². The molecule has 0 heterocycles. The lowest BCUT2D eigenvalue weighted by molar-refractivity contribution is -0.134. The number of unbranched alkanes of at least 4 members (excludes halogenated alkanes) is 3. The molecule has 0 saturated heterocycles. The number of hydrogen-bond acceptors (Lipinski definition) is 1. The summed E-state index contributed by atoms with van der Waals surface area (Å²) >= 11 is 0. The van der Waals surface area contributed by atoms with Crippen molar-refractivity contribution >= 4 is 13.9 Å². The van der Waals surface area contributed by atoms with Gasteiger partial charge in [-0.25, -0.2) is 0 Å². The molecule has 0 rings (SSSR count). The Morgan fingerprint density at radius 1 is 0.889 bits per heavy atom. The summed E-state index contributed by atoms with van der Waals surface area (Å²) in [5.74, 6) is -0.833. The lowest BCUT2D eigenvalue weighted by Crippen LogP contribution is -3.00. The van der Waals surface area contributed by atoms with E-state index in [9.17, 15) is 0 Å². The van der Waals surface area contributed by atoms with Crippen LogP contribution in [0.3, 0.4) is 0 Å². The minimum absolute atomic E-state index is 0. The Kier molecular flexibility index (Phi) is 25.3. The molecule has 0 fully saturated rings. The molecule has 1 N–H and O–H groups in total. The van der Waals surface area contributed by atoms with Crippen LogP contribution in [0.15, 0.2) is 0 Å². The standard InChI is InChI=1S/C12H27P.C2H4O2.ClH/c1-4-7-10-13(11-8-5-2)12-9-6-3;1-2(3)4;/h4-12H2,1-3H3;1H3,(H,3,4);1H.